The highest BCUT2D eigenvalue weighted by Gasteiger charge is 2.11. The summed E-state index contributed by atoms with van der Waals surface area (Å²) in [7, 11) is 0. The number of carboxylic acid groups (broad SMARTS) is 1. The Morgan fingerprint density at radius 2 is 1.14 bits per heavy atom. The Bertz CT molecular complexity index is 1160. The molecule has 0 atom stereocenters. The minimum absolute atomic E-state index is 0.101. The smallest absolute Gasteiger partial charge is 0.335 e. The quantitative estimate of drug-likeness (QED) is 0.468. The third kappa shape index (κ3) is 3.62. The maximum atomic E-state index is 12.8. The highest BCUT2D eigenvalue weighted by molar-refractivity contribution is 6.11. The molecule has 0 spiro atoms. The van der Waals surface area contributed by atoms with E-state index in [1.54, 1.807) is 54.6 Å². The number of carbonyl (C=O) groups is 2. The average molecular weight is 368 g/mol. The molecule has 4 rings (SSSR count). The van der Waals surface area contributed by atoms with Gasteiger partial charge in [-0.15, -0.1) is 0 Å². The van der Waals surface area contributed by atoms with E-state index < -0.39 is 5.97 Å². The number of para-hydroxylation sites is 1. The molecule has 0 aliphatic rings. The van der Waals surface area contributed by atoms with Gasteiger partial charge in [0.1, 0.15) is 11.5 Å². The standard InChI is InChI=1S/C24H16O4/c25-23(16-10-12-22(13-11-16)28-21-4-2-1-3-5-21)19-8-6-18-15-20(24(26)27)9-7-17(18)14-19/h1-15H,(H,26,27). The molecule has 4 aromatic rings. The van der Waals surface area contributed by atoms with E-state index in [2.05, 4.69) is 0 Å². The first-order valence-corrected chi connectivity index (χ1v) is 8.75. The molecule has 0 aliphatic heterocycles. The van der Waals surface area contributed by atoms with Gasteiger partial charge in [0.25, 0.3) is 0 Å². The van der Waals surface area contributed by atoms with Gasteiger partial charge in [0.2, 0.25) is 0 Å². The van der Waals surface area contributed by atoms with Gasteiger partial charge in [0, 0.05) is 11.1 Å². The van der Waals surface area contributed by atoms with Crippen molar-refractivity contribution in [3.63, 3.8) is 0 Å². The van der Waals surface area contributed by atoms with Crippen molar-refractivity contribution in [3.8, 4) is 11.5 Å². The summed E-state index contributed by atoms with van der Waals surface area (Å²) in [5.41, 5.74) is 1.33. The fourth-order valence-electron chi connectivity index (χ4n) is 2.99. The monoisotopic (exact) mass is 368 g/mol. The molecule has 0 fully saturated rings. The van der Waals surface area contributed by atoms with Crippen LogP contribution in [0.2, 0.25) is 0 Å². The molecular weight excluding hydrogens is 352 g/mol. The van der Waals surface area contributed by atoms with E-state index in [0.717, 1.165) is 16.5 Å². The van der Waals surface area contributed by atoms with E-state index in [4.69, 9.17) is 9.84 Å². The van der Waals surface area contributed by atoms with Crippen LogP contribution in [0.3, 0.4) is 0 Å². The van der Waals surface area contributed by atoms with E-state index in [-0.39, 0.29) is 11.3 Å². The van der Waals surface area contributed by atoms with Crippen LogP contribution in [0.1, 0.15) is 26.3 Å². The van der Waals surface area contributed by atoms with Crippen molar-refractivity contribution in [1.29, 1.82) is 0 Å². The van der Waals surface area contributed by atoms with E-state index in [9.17, 15) is 9.59 Å². The zero-order valence-corrected chi connectivity index (χ0v) is 14.8. The summed E-state index contributed by atoms with van der Waals surface area (Å²) in [5, 5.41) is 10.7. The third-order valence-electron chi connectivity index (χ3n) is 4.44. The van der Waals surface area contributed by atoms with Crippen LogP contribution in [0.4, 0.5) is 0 Å². The van der Waals surface area contributed by atoms with Gasteiger partial charge in [-0.05, 0) is 65.4 Å². The summed E-state index contributed by atoms with van der Waals surface area (Å²) in [6.45, 7) is 0. The topological polar surface area (TPSA) is 63.6 Å². The second kappa shape index (κ2) is 7.37. The predicted octanol–water partition coefficient (Wildman–Crippen LogP) is 5.56. The Labute approximate surface area is 161 Å². The summed E-state index contributed by atoms with van der Waals surface area (Å²) < 4.78 is 5.75. The summed E-state index contributed by atoms with van der Waals surface area (Å²) in [6.07, 6.45) is 0. The van der Waals surface area contributed by atoms with Gasteiger partial charge in [-0.1, -0.05) is 36.4 Å². The van der Waals surface area contributed by atoms with Crippen molar-refractivity contribution in [2.45, 2.75) is 0 Å². The molecule has 0 amide bonds. The number of hydrogen-bond acceptors (Lipinski definition) is 3. The van der Waals surface area contributed by atoms with Crippen molar-refractivity contribution < 1.29 is 19.4 Å². The molecule has 0 saturated heterocycles. The zero-order valence-electron chi connectivity index (χ0n) is 14.8. The van der Waals surface area contributed by atoms with Crippen LogP contribution in [-0.4, -0.2) is 16.9 Å². The van der Waals surface area contributed by atoms with E-state index in [1.165, 1.54) is 6.07 Å². The third-order valence-corrected chi connectivity index (χ3v) is 4.44. The van der Waals surface area contributed by atoms with Crippen molar-refractivity contribution in [2.75, 3.05) is 0 Å². The molecule has 28 heavy (non-hydrogen) atoms. The number of benzene rings is 4. The minimum atomic E-state index is -0.972. The Kier molecular flexibility index (Phi) is 4.60. The number of fused-ring (bicyclic) bond motifs is 1. The largest absolute Gasteiger partial charge is 0.478 e. The van der Waals surface area contributed by atoms with Crippen LogP contribution in [0.5, 0.6) is 11.5 Å². The number of hydrogen-bond donors (Lipinski definition) is 1. The normalized spacial score (nSPS) is 10.6. The number of rotatable bonds is 5. The molecule has 4 aromatic carbocycles. The van der Waals surface area contributed by atoms with E-state index in [0.29, 0.717) is 16.9 Å². The highest BCUT2D eigenvalue weighted by atomic mass is 16.5. The number of carbonyl (C=O) groups excluding carboxylic acids is 1. The Morgan fingerprint density at radius 3 is 1.79 bits per heavy atom. The van der Waals surface area contributed by atoms with Crippen LogP contribution < -0.4 is 4.74 Å². The molecule has 4 heteroatoms. The summed E-state index contributed by atoms with van der Waals surface area (Å²) in [6, 6.07) is 26.5. The van der Waals surface area contributed by atoms with E-state index in [1.807, 2.05) is 30.3 Å². The first-order valence-electron chi connectivity index (χ1n) is 8.75. The van der Waals surface area contributed by atoms with Gasteiger partial charge in [0.15, 0.2) is 5.78 Å². The van der Waals surface area contributed by atoms with Gasteiger partial charge in [0.05, 0.1) is 5.56 Å². The lowest BCUT2D eigenvalue weighted by molar-refractivity contribution is 0.0697. The molecule has 0 saturated carbocycles. The van der Waals surface area contributed by atoms with Crippen molar-refractivity contribution in [2.24, 2.45) is 0 Å². The van der Waals surface area contributed by atoms with Gasteiger partial charge >= 0.3 is 5.97 Å². The number of aromatic carboxylic acids is 1. The molecule has 0 bridgehead atoms. The van der Waals surface area contributed by atoms with Crippen LogP contribution in [0.25, 0.3) is 10.8 Å². The van der Waals surface area contributed by atoms with Crippen molar-refractivity contribution in [1.82, 2.24) is 0 Å². The van der Waals surface area contributed by atoms with Crippen LogP contribution >= 0.6 is 0 Å². The van der Waals surface area contributed by atoms with Crippen LogP contribution in [-0.2, 0) is 0 Å². The fourth-order valence-corrected chi connectivity index (χ4v) is 2.99. The number of ketones is 1. The Hall–Kier alpha value is -3.92. The number of carboxylic acids is 1. The molecule has 0 aromatic heterocycles. The second-order valence-corrected chi connectivity index (χ2v) is 6.35. The molecular formula is C24H16O4. The first kappa shape index (κ1) is 17.5. The maximum absolute atomic E-state index is 12.8. The first-order chi connectivity index (χ1) is 13.6. The molecule has 0 aliphatic carbocycles. The zero-order chi connectivity index (χ0) is 19.5. The highest BCUT2D eigenvalue weighted by Crippen LogP contribution is 2.23. The maximum Gasteiger partial charge on any atom is 0.335 e. The van der Waals surface area contributed by atoms with Gasteiger partial charge in [-0.3, -0.25) is 4.79 Å². The molecule has 0 unspecified atom stereocenters. The predicted molar refractivity (Wildman–Crippen MR) is 107 cm³/mol. The lowest BCUT2D eigenvalue weighted by Crippen LogP contribution is -2.01. The van der Waals surface area contributed by atoms with Crippen molar-refractivity contribution >= 4 is 22.5 Å². The fraction of sp³-hybridized carbons (Fsp3) is 0. The molecule has 0 heterocycles. The number of ether oxygens (including phenoxy) is 1. The van der Waals surface area contributed by atoms with Gasteiger partial charge < -0.3 is 9.84 Å². The van der Waals surface area contributed by atoms with Gasteiger partial charge in [-0.25, -0.2) is 4.79 Å². The minimum Gasteiger partial charge on any atom is -0.478 e. The van der Waals surface area contributed by atoms with Crippen molar-refractivity contribution in [3.05, 3.63) is 108 Å². The second-order valence-electron chi connectivity index (χ2n) is 6.35. The summed E-state index contributed by atoms with van der Waals surface area (Å²) >= 11 is 0. The lowest BCUT2D eigenvalue weighted by atomic mass is 9.99. The molecule has 0 radical (unpaired) electrons. The Balaban J connectivity index is 1.56. The van der Waals surface area contributed by atoms with Crippen LogP contribution in [0, 0.1) is 0 Å². The van der Waals surface area contributed by atoms with E-state index >= 15 is 0 Å². The molecule has 1 N–H and O–H groups in total. The molecule has 4 nitrogen and oxygen atoms in total. The van der Waals surface area contributed by atoms with Crippen LogP contribution in [0.15, 0.2) is 91.0 Å². The lowest BCUT2D eigenvalue weighted by Gasteiger charge is -2.07. The van der Waals surface area contributed by atoms with Gasteiger partial charge in [-0.2, -0.15) is 0 Å². The molecule has 136 valence electrons. The SMILES string of the molecule is O=C(O)c1ccc2cc(C(=O)c3ccc(Oc4ccccc4)cc3)ccc2c1. The average Bonchev–Trinajstić information content (AvgIpc) is 2.73. The summed E-state index contributed by atoms with van der Waals surface area (Å²) in [5.74, 6) is 0.314. The Morgan fingerprint density at radius 1 is 0.607 bits per heavy atom. The summed E-state index contributed by atoms with van der Waals surface area (Å²) in [4.78, 5) is 23.9.